The highest BCUT2D eigenvalue weighted by Crippen LogP contribution is 2.34. The second-order valence-corrected chi connectivity index (χ2v) is 6.32. The fraction of sp³-hybridized carbons (Fsp3) is 0.368. The van der Waals surface area contributed by atoms with Crippen LogP contribution in [-0.4, -0.2) is 25.7 Å². The lowest BCUT2D eigenvalue weighted by molar-refractivity contribution is 0.612. The van der Waals surface area contributed by atoms with E-state index in [0.717, 1.165) is 31.6 Å². The van der Waals surface area contributed by atoms with Crippen molar-refractivity contribution >= 4 is 5.69 Å². The van der Waals surface area contributed by atoms with Crippen LogP contribution >= 0.6 is 0 Å². The van der Waals surface area contributed by atoms with E-state index in [1.807, 2.05) is 12.1 Å². The summed E-state index contributed by atoms with van der Waals surface area (Å²) < 4.78 is 13.8. The van der Waals surface area contributed by atoms with Crippen LogP contribution in [0.15, 0.2) is 42.5 Å². The number of benzene rings is 2. The van der Waals surface area contributed by atoms with Crippen LogP contribution in [0.5, 0.6) is 0 Å². The first-order valence-corrected chi connectivity index (χ1v) is 8.14. The Balaban J connectivity index is 1.60. The minimum Gasteiger partial charge on any atom is -0.367 e. The third-order valence-corrected chi connectivity index (χ3v) is 4.89. The number of hydrogen-bond acceptors (Lipinski definition) is 2. The van der Waals surface area contributed by atoms with Crippen molar-refractivity contribution in [1.82, 2.24) is 5.32 Å². The fourth-order valence-corrected chi connectivity index (χ4v) is 3.77. The van der Waals surface area contributed by atoms with Gasteiger partial charge in [-0.2, -0.15) is 0 Å². The monoisotopic (exact) mass is 296 g/mol. The highest BCUT2D eigenvalue weighted by atomic mass is 19.1. The lowest BCUT2D eigenvalue weighted by atomic mass is 10.00. The molecule has 4 rings (SSSR count). The Kier molecular flexibility index (Phi) is 3.59. The minimum atomic E-state index is -0.108. The molecular weight excluding hydrogens is 275 g/mol. The highest BCUT2D eigenvalue weighted by Gasteiger charge is 2.29. The molecule has 0 spiro atoms. The predicted molar refractivity (Wildman–Crippen MR) is 88.0 cm³/mol. The average Bonchev–Trinajstić information content (AvgIpc) is 2.70. The van der Waals surface area contributed by atoms with Gasteiger partial charge in [-0.25, -0.2) is 4.39 Å². The van der Waals surface area contributed by atoms with Crippen molar-refractivity contribution in [2.45, 2.75) is 25.3 Å². The Morgan fingerprint density at radius 3 is 2.95 bits per heavy atom. The lowest BCUT2D eigenvalue weighted by Gasteiger charge is -2.24. The van der Waals surface area contributed by atoms with Crippen molar-refractivity contribution in [3.8, 4) is 0 Å². The average molecular weight is 296 g/mol. The summed E-state index contributed by atoms with van der Waals surface area (Å²) in [6.07, 6.45) is 3.01. The number of nitrogens with zero attached hydrogens (tertiary/aromatic N) is 1. The van der Waals surface area contributed by atoms with Crippen LogP contribution < -0.4 is 10.2 Å². The maximum Gasteiger partial charge on any atom is 0.126 e. The van der Waals surface area contributed by atoms with Gasteiger partial charge >= 0.3 is 0 Å². The summed E-state index contributed by atoms with van der Waals surface area (Å²) in [6, 6.07) is 14.4. The summed E-state index contributed by atoms with van der Waals surface area (Å²) in [5.41, 5.74) is 4.80. The quantitative estimate of drug-likeness (QED) is 0.916. The van der Waals surface area contributed by atoms with Gasteiger partial charge in [0.15, 0.2) is 0 Å². The van der Waals surface area contributed by atoms with Crippen molar-refractivity contribution in [2.75, 3.05) is 24.5 Å². The molecule has 0 aliphatic carbocycles. The normalized spacial score (nSPS) is 20.4. The van der Waals surface area contributed by atoms with E-state index in [1.54, 1.807) is 12.1 Å². The minimum absolute atomic E-state index is 0.108. The number of hydrogen-bond donors (Lipinski definition) is 1. The lowest BCUT2D eigenvalue weighted by Crippen LogP contribution is -2.32. The van der Waals surface area contributed by atoms with Crippen LogP contribution in [0.4, 0.5) is 10.1 Å². The van der Waals surface area contributed by atoms with Gasteiger partial charge in [-0.3, -0.25) is 0 Å². The molecule has 0 bridgehead atoms. The predicted octanol–water partition coefficient (Wildman–Crippen LogP) is 3.14. The van der Waals surface area contributed by atoms with E-state index in [9.17, 15) is 4.39 Å². The zero-order chi connectivity index (χ0) is 14.9. The van der Waals surface area contributed by atoms with E-state index in [1.165, 1.54) is 23.2 Å². The molecule has 1 unspecified atom stereocenters. The molecular formula is C19H21FN2. The standard InChI is InChI=1S/C19H21FN2/c20-18-4-2-1-3-15(18)11-14-5-6-19-16(12-14)13-17-7-8-21-9-10-22(17)19/h1-6,12,17,21H,7-11,13H2. The molecule has 1 atom stereocenters. The van der Waals surface area contributed by atoms with Gasteiger partial charge in [-0.05, 0) is 48.2 Å². The van der Waals surface area contributed by atoms with Crippen molar-refractivity contribution in [2.24, 2.45) is 0 Å². The van der Waals surface area contributed by atoms with Gasteiger partial charge in [0.05, 0.1) is 0 Å². The first-order chi connectivity index (χ1) is 10.8. The largest absolute Gasteiger partial charge is 0.367 e. The molecule has 2 nitrogen and oxygen atoms in total. The summed E-state index contributed by atoms with van der Waals surface area (Å²) in [4.78, 5) is 2.54. The molecule has 2 aromatic rings. The number of nitrogens with one attached hydrogen (secondary N) is 1. The molecule has 114 valence electrons. The van der Waals surface area contributed by atoms with Gasteiger partial charge in [0.2, 0.25) is 0 Å². The van der Waals surface area contributed by atoms with Crippen LogP contribution in [0.1, 0.15) is 23.1 Å². The van der Waals surface area contributed by atoms with Crippen molar-refractivity contribution < 1.29 is 4.39 Å². The van der Waals surface area contributed by atoms with Crippen LogP contribution in [-0.2, 0) is 12.8 Å². The molecule has 1 fully saturated rings. The Bertz CT molecular complexity index is 683. The molecule has 0 radical (unpaired) electrons. The number of anilines is 1. The molecule has 0 saturated carbocycles. The topological polar surface area (TPSA) is 15.3 Å². The van der Waals surface area contributed by atoms with Crippen molar-refractivity contribution in [3.05, 3.63) is 65.0 Å². The molecule has 3 heteroatoms. The second kappa shape index (κ2) is 5.73. The van der Waals surface area contributed by atoms with Gasteiger partial charge in [0, 0.05) is 31.2 Å². The summed E-state index contributed by atoms with van der Waals surface area (Å²) in [5.74, 6) is -0.108. The molecule has 2 aromatic carbocycles. The first kappa shape index (κ1) is 13.8. The molecule has 1 saturated heterocycles. The van der Waals surface area contributed by atoms with E-state index in [2.05, 4.69) is 28.4 Å². The second-order valence-electron chi connectivity index (χ2n) is 6.32. The third kappa shape index (κ3) is 2.50. The first-order valence-electron chi connectivity index (χ1n) is 8.14. The van der Waals surface area contributed by atoms with E-state index < -0.39 is 0 Å². The zero-order valence-electron chi connectivity index (χ0n) is 12.7. The molecule has 2 heterocycles. The molecule has 2 aliphatic rings. The third-order valence-electron chi connectivity index (χ3n) is 4.89. The van der Waals surface area contributed by atoms with E-state index in [-0.39, 0.29) is 5.82 Å². The van der Waals surface area contributed by atoms with E-state index >= 15 is 0 Å². The number of fused-ring (bicyclic) bond motifs is 3. The Hall–Kier alpha value is -1.87. The van der Waals surface area contributed by atoms with Crippen molar-refractivity contribution in [1.29, 1.82) is 0 Å². The smallest absolute Gasteiger partial charge is 0.126 e. The number of halogens is 1. The van der Waals surface area contributed by atoms with Gasteiger partial charge in [0.25, 0.3) is 0 Å². The fourth-order valence-electron chi connectivity index (χ4n) is 3.77. The van der Waals surface area contributed by atoms with E-state index in [0.29, 0.717) is 12.5 Å². The maximum atomic E-state index is 13.8. The Morgan fingerprint density at radius 2 is 2.05 bits per heavy atom. The van der Waals surface area contributed by atoms with Crippen LogP contribution in [0, 0.1) is 5.82 Å². The molecule has 0 amide bonds. The maximum absolute atomic E-state index is 13.8. The van der Waals surface area contributed by atoms with Gasteiger partial charge in [0.1, 0.15) is 5.82 Å². The van der Waals surface area contributed by atoms with Gasteiger partial charge in [-0.1, -0.05) is 30.3 Å². The summed E-state index contributed by atoms with van der Waals surface area (Å²) >= 11 is 0. The van der Waals surface area contributed by atoms with Crippen LogP contribution in [0.2, 0.25) is 0 Å². The highest BCUT2D eigenvalue weighted by molar-refractivity contribution is 5.61. The van der Waals surface area contributed by atoms with E-state index in [4.69, 9.17) is 0 Å². The van der Waals surface area contributed by atoms with Crippen molar-refractivity contribution in [3.63, 3.8) is 0 Å². The summed E-state index contributed by atoms with van der Waals surface area (Å²) in [6.45, 7) is 3.26. The molecule has 2 aliphatic heterocycles. The van der Waals surface area contributed by atoms with Crippen LogP contribution in [0.3, 0.4) is 0 Å². The van der Waals surface area contributed by atoms with Crippen LogP contribution in [0.25, 0.3) is 0 Å². The Morgan fingerprint density at radius 1 is 1.14 bits per heavy atom. The molecule has 0 aromatic heterocycles. The number of rotatable bonds is 2. The van der Waals surface area contributed by atoms with Gasteiger partial charge < -0.3 is 10.2 Å². The Labute approximate surface area is 131 Å². The summed E-state index contributed by atoms with van der Waals surface area (Å²) in [5, 5.41) is 3.47. The van der Waals surface area contributed by atoms with Gasteiger partial charge in [-0.15, -0.1) is 0 Å². The molecule has 1 N–H and O–H groups in total. The SMILES string of the molecule is Fc1ccccc1Cc1ccc2c(c1)CC1CCNCCN21. The summed E-state index contributed by atoms with van der Waals surface area (Å²) in [7, 11) is 0. The zero-order valence-corrected chi connectivity index (χ0v) is 12.7. The molecule has 22 heavy (non-hydrogen) atoms.